The van der Waals surface area contributed by atoms with Crippen molar-refractivity contribution < 1.29 is 14.6 Å². The molecule has 1 heterocycles. The number of rotatable bonds is 9. The maximum absolute atomic E-state index is 12.1. The van der Waals surface area contributed by atoms with Crippen LogP contribution in [0.25, 0.3) is 0 Å². The van der Waals surface area contributed by atoms with E-state index in [-0.39, 0.29) is 24.4 Å². The molecule has 1 aromatic heterocycles. The average molecular weight is 302 g/mol. The van der Waals surface area contributed by atoms with Gasteiger partial charge in [0.05, 0.1) is 6.61 Å². The molecule has 0 aliphatic carbocycles. The second-order valence-electron chi connectivity index (χ2n) is 4.24. The Morgan fingerprint density at radius 3 is 2.95 bits per heavy atom. The van der Waals surface area contributed by atoms with E-state index in [9.17, 15) is 4.79 Å². The Balaban J connectivity index is 2.63. The first-order valence-electron chi connectivity index (χ1n) is 6.53. The molecule has 0 saturated carbocycles. The van der Waals surface area contributed by atoms with Crippen LogP contribution in [0.5, 0.6) is 0 Å². The first-order chi connectivity index (χ1) is 9.62. The fourth-order valence-corrected chi connectivity index (χ4v) is 2.43. The number of nitrogen functional groups attached to an aromatic ring is 1. The third-order valence-electron chi connectivity index (χ3n) is 2.75. The summed E-state index contributed by atoms with van der Waals surface area (Å²) in [6.07, 6.45) is 1.28. The fourth-order valence-electron chi connectivity index (χ4n) is 1.62. The lowest BCUT2D eigenvalue weighted by atomic mass is 10.1. The van der Waals surface area contributed by atoms with Crippen molar-refractivity contribution >= 4 is 28.2 Å². The van der Waals surface area contributed by atoms with E-state index in [0.717, 1.165) is 6.42 Å². The van der Waals surface area contributed by atoms with Gasteiger partial charge < -0.3 is 26.2 Å². The zero-order valence-electron chi connectivity index (χ0n) is 11.8. The molecule has 5 N–H and O–H groups in total. The average Bonchev–Trinajstić information content (AvgIpc) is 2.79. The van der Waals surface area contributed by atoms with Crippen molar-refractivity contribution in [1.82, 2.24) is 10.3 Å². The number of hydrogen-bond donors (Lipinski definition) is 4. The number of methoxy groups -OCH3 is 1. The van der Waals surface area contributed by atoms with Crippen molar-refractivity contribution in [2.45, 2.75) is 25.8 Å². The van der Waals surface area contributed by atoms with Gasteiger partial charge in [-0.2, -0.15) is 0 Å². The van der Waals surface area contributed by atoms with Crippen LogP contribution in [0.3, 0.4) is 0 Å². The van der Waals surface area contributed by atoms with Crippen LogP contribution in [0.4, 0.5) is 10.9 Å². The molecule has 20 heavy (non-hydrogen) atoms. The molecule has 0 radical (unpaired) electrons. The molecule has 0 bridgehead atoms. The van der Waals surface area contributed by atoms with Gasteiger partial charge in [0.2, 0.25) is 0 Å². The Bertz CT molecular complexity index is 425. The van der Waals surface area contributed by atoms with Crippen LogP contribution in [-0.4, -0.2) is 48.9 Å². The highest BCUT2D eigenvalue weighted by molar-refractivity contribution is 7.18. The third kappa shape index (κ3) is 4.95. The number of amides is 1. The lowest BCUT2D eigenvalue weighted by molar-refractivity contribution is 0.0934. The van der Waals surface area contributed by atoms with Gasteiger partial charge >= 0.3 is 0 Å². The number of aromatic nitrogens is 1. The molecule has 7 nitrogen and oxygen atoms in total. The minimum absolute atomic E-state index is 0.0424. The maximum atomic E-state index is 12.1. The number of ether oxygens (including phenoxy) is 1. The molecular formula is C12H22N4O3S. The monoisotopic (exact) mass is 302 g/mol. The van der Waals surface area contributed by atoms with E-state index >= 15 is 0 Å². The molecule has 0 spiro atoms. The Morgan fingerprint density at radius 2 is 2.35 bits per heavy atom. The standard InChI is InChI=1S/C12H22N4O3S/c1-3-8(4-6-17)15-11(18)9-10(13)16-12(20-9)14-5-7-19-2/h8,17H,3-7,13H2,1-2H3,(H,14,16)(H,15,18). The van der Waals surface area contributed by atoms with Crippen LogP contribution in [0.15, 0.2) is 0 Å². The molecule has 0 fully saturated rings. The molecule has 1 amide bonds. The highest BCUT2D eigenvalue weighted by Gasteiger charge is 2.18. The van der Waals surface area contributed by atoms with E-state index in [1.165, 1.54) is 11.3 Å². The van der Waals surface area contributed by atoms with Gasteiger partial charge in [-0.15, -0.1) is 0 Å². The SMILES string of the molecule is CCC(CCO)NC(=O)c1sc(NCCOC)nc1N. The lowest BCUT2D eigenvalue weighted by Gasteiger charge is -2.14. The van der Waals surface area contributed by atoms with Crippen molar-refractivity contribution in [2.75, 3.05) is 37.9 Å². The number of carbonyl (C=O) groups excluding carboxylic acids is 1. The van der Waals surface area contributed by atoms with Crippen LogP contribution < -0.4 is 16.4 Å². The smallest absolute Gasteiger partial charge is 0.265 e. The van der Waals surface area contributed by atoms with Gasteiger partial charge in [-0.25, -0.2) is 4.98 Å². The van der Waals surface area contributed by atoms with Crippen molar-refractivity contribution in [3.63, 3.8) is 0 Å². The van der Waals surface area contributed by atoms with Gasteiger partial charge in [0, 0.05) is 26.3 Å². The second kappa shape index (κ2) is 8.72. The fraction of sp³-hybridized carbons (Fsp3) is 0.667. The molecule has 0 aliphatic heterocycles. The molecule has 1 unspecified atom stereocenters. The van der Waals surface area contributed by atoms with Gasteiger partial charge in [-0.1, -0.05) is 18.3 Å². The number of nitrogens with zero attached hydrogens (tertiary/aromatic N) is 1. The largest absolute Gasteiger partial charge is 0.396 e. The number of aliphatic hydroxyl groups is 1. The number of hydrogen-bond acceptors (Lipinski definition) is 7. The number of anilines is 2. The molecule has 1 aromatic rings. The predicted molar refractivity (Wildman–Crippen MR) is 80.1 cm³/mol. The second-order valence-corrected chi connectivity index (χ2v) is 5.24. The van der Waals surface area contributed by atoms with Gasteiger partial charge in [0.1, 0.15) is 10.7 Å². The molecular weight excluding hydrogens is 280 g/mol. The minimum atomic E-state index is -0.250. The summed E-state index contributed by atoms with van der Waals surface area (Å²) in [4.78, 5) is 16.6. The van der Waals surface area contributed by atoms with Crippen LogP contribution in [0.1, 0.15) is 29.4 Å². The molecule has 1 rings (SSSR count). The third-order valence-corrected chi connectivity index (χ3v) is 3.78. The van der Waals surface area contributed by atoms with E-state index < -0.39 is 0 Å². The number of aliphatic hydroxyl groups excluding tert-OH is 1. The normalized spacial score (nSPS) is 12.2. The number of nitrogens with one attached hydrogen (secondary N) is 2. The topological polar surface area (TPSA) is 110 Å². The lowest BCUT2D eigenvalue weighted by Crippen LogP contribution is -2.34. The zero-order valence-corrected chi connectivity index (χ0v) is 12.6. The Kier molecular flexibility index (Phi) is 7.27. The molecule has 0 saturated heterocycles. The number of carbonyl (C=O) groups is 1. The molecule has 114 valence electrons. The van der Waals surface area contributed by atoms with Crippen molar-refractivity contribution in [1.29, 1.82) is 0 Å². The van der Waals surface area contributed by atoms with E-state index in [1.807, 2.05) is 6.92 Å². The summed E-state index contributed by atoms with van der Waals surface area (Å²) >= 11 is 1.21. The summed E-state index contributed by atoms with van der Waals surface area (Å²) in [6, 6.07) is -0.0566. The molecule has 0 aliphatic rings. The summed E-state index contributed by atoms with van der Waals surface area (Å²) in [5, 5.41) is 15.4. The zero-order chi connectivity index (χ0) is 15.0. The summed E-state index contributed by atoms with van der Waals surface area (Å²) in [7, 11) is 1.61. The van der Waals surface area contributed by atoms with Crippen molar-refractivity contribution in [2.24, 2.45) is 0 Å². The minimum Gasteiger partial charge on any atom is -0.396 e. The van der Waals surface area contributed by atoms with Crippen LogP contribution in [0.2, 0.25) is 0 Å². The summed E-state index contributed by atoms with van der Waals surface area (Å²) in [6.45, 7) is 3.15. The van der Waals surface area contributed by atoms with Crippen LogP contribution in [-0.2, 0) is 4.74 Å². The number of nitrogens with two attached hydrogens (primary N) is 1. The first kappa shape index (κ1) is 16.7. The Hall–Kier alpha value is -1.38. The van der Waals surface area contributed by atoms with E-state index in [4.69, 9.17) is 15.6 Å². The quantitative estimate of drug-likeness (QED) is 0.499. The number of thiazole rings is 1. The van der Waals surface area contributed by atoms with E-state index in [0.29, 0.717) is 29.6 Å². The molecule has 0 aromatic carbocycles. The van der Waals surface area contributed by atoms with Crippen LogP contribution >= 0.6 is 11.3 Å². The van der Waals surface area contributed by atoms with Crippen molar-refractivity contribution in [3.8, 4) is 0 Å². The predicted octanol–water partition coefficient (Wildman–Crippen LogP) is 0.674. The van der Waals surface area contributed by atoms with Gasteiger partial charge in [0.25, 0.3) is 5.91 Å². The summed E-state index contributed by atoms with van der Waals surface area (Å²) in [5.74, 6) is -0.0358. The Labute approximate surface area is 122 Å². The molecule has 1 atom stereocenters. The highest BCUT2D eigenvalue weighted by Crippen LogP contribution is 2.24. The van der Waals surface area contributed by atoms with E-state index in [2.05, 4.69) is 15.6 Å². The van der Waals surface area contributed by atoms with Gasteiger partial charge in [0.15, 0.2) is 5.13 Å². The van der Waals surface area contributed by atoms with Gasteiger partial charge in [-0.05, 0) is 12.8 Å². The van der Waals surface area contributed by atoms with Crippen molar-refractivity contribution in [3.05, 3.63) is 4.88 Å². The Morgan fingerprint density at radius 1 is 1.60 bits per heavy atom. The van der Waals surface area contributed by atoms with Crippen LogP contribution in [0, 0.1) is 0 Å². The maximum Gasteiger partial charge on any atom is 0.265 e. The highest BCUT2D eigenvalue weighted by atomic mass is 32.1. The summed E-state index contributed by atoms with van der Waals surface area (Å²) in [5.41, 5.74) is 5.76. The first-order valence-corrected chi connectivity index (χ1v) is 7.34. The summed E-state index contributed by atoms with van der Waals surface area (Å²) < 4.78 is 4.92. The van der Waals surface area contributed by atoms with Gasteiger partial charge in [-0.3, -0.25) is 4.79 Å². The van der Waals surface area contributed by atoms with E-state index in [1.54, 1.807) is 7.11 Å². The molecule has 8 heteroatoms.